The summed E-state index contributed by atoms with van der Waals surface area (Å²) in [5.74, 6) is 0.662. The molecule has 6 heteroatoms. The number of hydrogen-bond acceptors (Lipinski definition) is 4. The maximum Gasteiger partial charge on any atom is 0.340 e. The van der Waals surface area contributed by atoms with Crippen LogP contribution in [0.15, 0.2) is 30.3 Å². The predicted octanol–water partition coefficient (Wildman–Crippen LogP) is 4.68. The molecule has 2 aromatic carbocycles. The van der Waals surface area contributed by atoms with Crippen molar-refractivity contribution in [1.82, 2.24) is 0 Å². The quantitative estimate of drug-likeness (QED) is 0.731. The van der Waals surface area contributed by atoms with Crippen molar-refractivity contribution in [3.63, 3.8) is 0 Å². The molecule has 0 saturated carbocycles. The van der Waals surface area contributed by atoms with E-state index in [1.807, 2.05) is 13.0 Å². The number of esters is 1. The second-order valence-corrected chi connectivity index (χ2v) is 5.60. The molecule has 0 N–H and O–H groups in total. The van der Waals surface area contributed by atoms with Crippen LogP contribution < -0.4 is 9.47 Å². The fourth-order valence-corrected chi connectivity index (χ4v) is 2.44. The Morgan fingerprint density at radius 3 is 2.39 bits per heavy atom. The van der Waals surface area contributed by atoms with E-state index in [1.54, 1.807) is 38.5 Å². The highest BCUT2D eigenvalue weighted by atomic mass is 35.5. The molecule has 0 aliphatic heterocycles. The lowest BCUT2D eigenvalue weighted by Crippen LogP contribution is -2.07. The molecular weight excluding hydrogens is 339 g/mol. The van der Waals surface area contributed by atoms with Gasteiger partial charge in [-0.05, 0) is 42.3 Å². The minimum absolute atomic E-state index is 0.0911. The largest absolute Gasteiger partial charge is 0.493 e. The molecule has 0 bridgehead atoms. The van der Waals surface area contributed by atoms with E-state index in [0.717, 1.165) is 11.1 Å². The molecule has 2 rings (SSSR count). The van der Waals surface area contributed by atoms with E-state index in [2.05, 4.69) is 0 Å². The molecule has 0 unspecified atom stereocenters. The minimum Gasteiger partial charge on any atom is -0.493 e. The summed E-state index contributed by atoms with van der Waals surface area (Å²) in [4.78, 5) is 12.2. The molecule has 0 amide bonds. The Balaban J connectivity index is 2.17. The summed E-state index contributed by atoms with van der Waals surface area (Å²) < 4.78 is 15.8. The Bertz CT molecular complexity index is 729. The lowest BCUT2D eigenvalue weighted by atomic mass is 10.1. The van der Waals surface area contributed by atoms with Crippen molar-refractivity contribution in [3.8, 4) is 11.5 Å². The van der Waals surface area contributed by atoms with Gasteiger partial charge in [-0.1, -0.05) is 29.3 Å². The van der Waals surface area contributed by atoms with Gasteiger partial charge in [0.25, 0.3) is 0 Å². The molecule has 0 aromatic heterocycles. The summed E-state index contributed by atoms with van der Waals surface area (Å²) in [6, 6.07) is 8.43. The first-order valence-electron chi connectivity index (χ1n) is 6.80. The third kappa shape index (κ3) is 3.89. The van der Waals surface area contributed by atoms with Crippen molar-refractivity contribution in [2.24, 2.45) is 0 Å². The van der Waals surface area contributed by atoms with Crippen molar-refractivity contribution in [3.05, 3.63) is 57.1 Å². The van der Waals surface area contributed by atoms with E-state index < -0.39 is 5.97 Å². The van der Waals surface area contributed by atoms with E-state index in [0.29, 0.717) is 16.5 Å². The SMILES string of the molecule is COc1cc(C)c(COC(=O)c2cccc(Cl)c2Cl)cc1OC. The summed E-state index contributed by atoms with van der Waals surface area (Å²) in [5.41, 5.74) is 1.97. The number of benzene rings is 2. The number of carbonyl (C=O) groups is 1. The van der Waals surface area contributed by atoms with Gasteiger partial charge in [-0.15, -0.1) is 0 Å². The lowest BCUT2D eigenvalue weighted by Gasteiger charge is -2.13. The number of carbonyl (C=O) groups excluding carboxylic acids is 1. The summed E-state index contributed by atoms with van der Waals surface area (Å²) >= 11 is 11.9. The van der Waals surface area contributed by atoms with Crippen LogP contribution >= 0.6 is 23.2 Å². The van der Waals surface area contributed by atoms with E-state index in [-0.39, 0.29) is 17.2 Å². The van der Waals surface area contributed by atoms with Crippen molar-refractivity contribution < 1.29 is 19.0 Å². The maximum absolute atomic E-state index is 12.2. The highest BCUT2D eigenvalue weighted by molar-refractivity contribution is 6.43. The number of rotatable bonds is 5. The zero-order valence-electron chi connectivity index (χ0n) is 13.0. The third-order valence-corrected chi connectivity index (χ3v) is 4.19. The van der Waals surface area contributed by atoms with Crippen LogP contribution in [0.4, 0.5) is 0 Å². The molecule has 4 nitrogen and oxygen atoms in total. The smallest absolute Gasteiger partial charge is 0.340 e. The molecule has 2 aromatic rings. The van der Waals surface area contributed by atoms with Crippen molar-refractivity contribution in [2.75, 3.05) is 14.2 Å². The monoisotopic (exact) mass is 354 g/mol. The Kier molecular flexibility index (Phi) is 5.74. The van der Waals surface area contributed by atoms with Crippen LogP contribution in [-0.2, 0) is 11.3 Å². The molecule has 0 aliphatic carbocycles. The molecule has 0 fully saturated rings. The average molecular weight is 355 g/mol. The zero-order chi connectivity index (χ0) is 17.0. The lowest BCUT2D eigenvalue weighted by molar-refractivity contribution is 0.0472. The first-order chi connectivity index (χ1) is 11.0. The molecule has 0 saturated heterocycles. The first-order valence-corrected chi connectivity index (χ1v) is 7.56. The second kappa shape index (κ2) is 7.57. The van der Waals surface area contributed by atoms with Crippen LogP contribution in [0.1, 0.15) is 21.5 Å². The molecule has 0 radical (unpaired) electrons. The Labute approximate surface area is 144 Å². The molecule has 0 aliphatic rings. The van der Waals surface area contributed by atoms with E-state index >= 15 is 0 Å². The van der Waals surface area contributed by atoms with Crippen molar-refractivity contribution in [2.45, 2.75) is 13.5 Å². The molecule has 122 valence electrons. The Hall–Kier alpha value is -1.91. The third-order valence-electron chi connectivity index (χ3n) is 3.37. The van der Waals surface area contributed by atoms with Crippen LogP contribution in [-0.4, -0.2) is 20.2 Å². The van der Waals surface area contributed by atoms with Crippen LogP contribution in [0, 0.1) is 6.92 Å². The van der Waals surface area contributed by atoms with Gasteiger partial charge < -0.3 is 14.2 Å². The van der Waals surface area contributed by atoms with E-state index in [9.17, 15) is 4.79 Å². The second-order valence-electron chi connectivity index (χ2n) is 4.81. The van der Waals surface area contributed by atoms with Gasteiger partial charge in [0, 0.05) is 0 Å². The average Bonchev–Trinajstić information content (AvgIpc) is 2.55. The first kappa shape index (κ1) is 17.4. The Morgan fingerprint density at radius 1 is 1.09 bits per heavy atom. The van der Waals surface area contributed by atoms with Gasteiger partial charge in [-0.2, -0.15) is 0 Å². The van der Waals surface area contributed by atoms with E-state index in [1.165, 1.54) is 0 Å². The minimum atomic E-state index is -0.535. The van der Waals surface area contributed by atoms with Gasteiger partial charge in [-0.3, -0.25) is 0 Å². The van der Waals surface area contributed by atoms with Crippen LogP contribution in [0.2, 0.25) is 10.0 Å². The molecule has 23 heavy (non-hydrogen) atoms. The summed E-state index contributed by atoms with van der Waals surface area (Å²) in [7, 11) is 3.12. The highest BCUT2D eigenvalue weighted by Gasteiger charge is 2.15. The fraction of sp³-hybridized carbons (Fsp3) is 0.235. The van der Waals surface area contributed by atoms with Gasteiger partial charge in [0.15, 0.2) is 11.5 Å². The number of aryl methyl sites for hydroxylation is 1. The van der Waals surface area contributed by atoms with Gasteiger partial charge in [0.05, 0.1) is 29.8 Å². The summed E-state index contributed by atoms with van der Waals surface area (Å²) in [5, 5.41) is 0.492. The topological polar surface area (TPSA) is 44.8 Å². The zero-order valence-corrected chi connectivity index (χ0v) is 14.5. The summed E-state index contributed by atoms with van der Waals surface area (Å²) in [6.07, 6.45) is 0. The predicted molar refractivity (Wildman–Crippen MR) is 89.9 cm³/mol. The number of ether oxygens (including phenoxy) is 3. The fourth-order valence-electron chi connectivity index (χ4n) is 2.06. The standard InChI is InChI=1S/C17H16Cl2O4/c1-10-7-14(21-2)15(22-3)8-11(10)9-23-17(20)12-5-4-6-13(18)16(12)19/h4-8H,9H2,1-3H3. The van der Waals surface area contributed by atoms with Gasteiger partial charge in [0.1, 0.15) is 6.61 Å². The van der Waals surface area contributed by atoms with Gasteiger partial charge in [0.2, 0.25) is 0 Å². The van der Waals surface area contributed by atoms with Crippen LogP contribution in [0.25, 0.3) is 0 Å². The molecule has 0 heterocycles. The summed E-state index contributed by atoms with van der Waals surface area (Å²) in [6.45, 7) is 1.99. The van der Waals surface area contributed by atoms with Gasteiger partial charge in [-0.25, -0.2) is 4.79 Å². The molecule has 0 atom stereocenters. The van der Waals surface area contributed by atoms with Crippen molar-refractivity contribution in [1.29, 1.82) is 0 Å². The van der Waals surface area contributed by atoms with E-state index in [4.69, 9.17) is 37.4 Å². The molecule has 0 spiro atoms. The highest BCUT2D eigenvalue weighted by Crippen LogP contribution is 2.31. The van der Waals surface area contributed by atoms with Crippen LogP contribution in [0.3, 0.4) is 0 Å². The van der Waals surface area contributed by atoms with Crippen LogP contribution in [0.5, 0.6) is 11.5 Å². The number of methoxy groups -OCH3 is 2. The normalized spacial score (nSPS) is 10.3. The molecular formula is C17H16Cl2O4. The maximum atomic E-state index is 12.2. The Morgan fingerprint density at radius 2 is 1.74 bits per heavy atom. The van der Waals surface area contributed by atoms with Gasteiger partial charge >= 0.3 is 5.97 Å². The number of halogens is 2. The van der Waals surface area contributed by atoms with Crippen molar-refractivity contribution >= 4 is 29.2 Å². The number of hydrogen-bond donors (Lipinski definition) is 0.